The number of H-pyrrole nitrogens is 2. The average Bonchev–Trinajstić information content (AvgIpc) is 3.13. The quantitative estimate of drug-likeness (QED) is 0.417. The van der Waals surface area contributed by atoms with Crippen LogP contribution in [0.15, 0.2) is 41.2 Å². The van der Waals surface area contributed by atoms with Gasteiger partial charge in [0.25, 0.3) is 11.5 Å². The minimum absolute atomic E-state index is 0.0293. The molecule has 2 aromatic carbocycles. The van der Waals surface area contributed by atoms with E-state index in [0.29, 0.717) is 29.6 Å². The van der Waals surface area contributed by atoms with E-state index in [4.69, 9.17) is 5.73 Å². The lowest BCUT2D eigenvalue weighted by molar-refractivity contribution is -0.137. The summed E-state index contributed by atoms with van der Waals surface area (Å²) in [5.74, 6) is -0.0979. The van der Waals surface area contributed by atoms with Crippen molar-refractivity contribution in [2.45, 2.75) is 6.18 Å². The molecule has 4 aromatic rings. The number of fused-ring (bicyclic) bond motifs is 2. The molecule has 8 nitrogen and oxygen atoms in total. The van der Waals surface area contributed by atoms with Gasteiger partial charge in [0.1, 0.15) is 0 Å². The third kappa shape index (κ3) is 3.77. The first-order valence-corrected chi connectivity index (χ1v) is 10.6. The highest BCUT2D eigenvalue weighted by Crippen LogP contribution is 2.33. The Labute approximate surface area is 191 Å². The average molecular weight is 470 g/mol. The number of hydrogen-bond acceptors (Lipinski definition) is 5. The zero-order valence-corrected chi connectivity index (χ0v) is 18.2. The Morgan fingerprint density at radius 2 is 1.76 bits per heavy atom. The number of nitrogens with two attached hydrogens (primary N) is 1. The third-order valence-corrected chi connectivity index (χ3v) is 6.13. The maximum Gasteiger partial charge on any atom is 0.416 e. The summed E-state index contributed by atoms with van der Waals surface area (Å²) in [5, 5.41) is 0.559. The Bertz CT molecular complexity index is 1480. The van der Waals surface area contributed by atoms with Crippen molar-refractivity contribution < 1.29 is 18.0 Å². The molecule has 2 aromatic heterocycles. The number of anilines is 1. The van der Waals surface area contributed by atoms with Crippen LogP contribution < -0.4 is 11.3 Å². The van der Waals surface area contributed by atoms with Crippen LogP contribution in [-0.4, -0.2) is 63.9 Å². The monoisotopic (exact) mass is 470 g/mol. The van der Waals surface area contributed by atoms with Crippen LogP contribution >= 0.6 is 0 Å². The molecule has 0 aliphatic carbocycles. The molecule has 0 bridgehead atoms. The van der Waals surface area contributed by atoms with Crippen LogP contribution in [0.5, 0.6) is 0 Å². The number of carbonyl (C=O) groups is 1. The Morgan fingerprint density at radius 1 is 1.03 bits per heavy atom. The number of benzene rings is 2. The molecule has 1 fully saturated rings. The molecule has 1 amide bonds. The molecule has 1 saturated heterocycles. The lowest BCUT2D eigenvalue weighted by Gasteiger charge is -2.32. The van der Waals surface area contributed by atoms with Crippen molar-refractivity contribution in [2.75, 3.05) is 39.0 Å². The molecule has 3 heterocycles. The summed E-state index contributed by atoms with van der Waals surface area (Å²) in [6.45, 7) is 2.86. The fourth-order valence-corrected chi connectivity index (χ4v) is 4.16. The SMILES string of the molecule is CN1CCN(C(=O)c2ccc3[nH]c(-c4nc5ccc(C(F)(F)F)cc5[nH]c4=O)c(N)c3c2)CC1. The number of aromatic amines is 2. The zero-order chi connectivity index (χ0) is 24.2. The van der Waals surface area contributed by atoms with Crippen molar-refractivity contribution in [2.24, 2.45) is 0 Å². The summed E-state index contributed by atoms with van der Waals surface area (Å²) in [5.41, 5.74) is 6.43. The molecule has 11 heteroatoms. The Balaban J connectivity index is 1.54. The first kappa shape index (κ1) is 22.0. The van der Waals surface area contributed by atoms with E-state index in [1.165, 1.54) is 6.07 Å². The predicted octanol–water partition coefficient (Wildman–Crippen LogP) is 3.06. The van der Waals surface area contributed by atoms with E-state index in [2.05, 4.69) is 19.9 Å². The van der Waals surface area contributed by atoms with Gasteiger partial charge in [-0.25, -0.2) is 4.98 Å². The smallest absolute Gasteiger partial charge is 0.396 e. The molecule has 176 valence electrons. The van der Waals surface area contributed by atoms with Gasteiger partial charge < -0.3 is 25.5 Å². The molecular formula is C23H21F3N6O2. The van der Waals surface area contributed by atoms with Gasteiger partial charge in [-0.2, -0.15) is 13.2 Å². The zero-order valence-electron chi connectivity index (χ0n) is 18.2. The number of alkyl halides is 3. The molecule has 0 unspecified atom stereocenters. The van der Waals surface area contributed by atoms with Crippen LogP contribution in [0.4, 0.5) is 18.9 Å². The number of nitrogen functional groups attached to an aromatic ring is 1. The maximum atomic E-state index is 13.0. The van der Waals surface area contributed by atoms with Gasteiger partial charge in [-0.3, -0.25) is 9.59 Å². The number of piperazine rings is 1. The van der Waals surface area contributed by atoms with E-state index in [1.807, 2.05) is 7.05 Å². The molecule has 5 rings (SSSR count). The lowest BCUT2D eigenvalue weighted by Crippen LogP contribution is -2.47. The molecule has 4 N–H and O–H groups in total. The second-order valence-corrected chi connectivity index (χ2v) is 8.41. The number of halogens is 3. The number of likely N-dealkylation sites (N-methyl/N-ethyl adjacent to an activating group) is 1. The lowest BCUT2D eigenvalue weighted by atomic mass is 10.1. The first-order valence-electron chi connectivity index (χ1n) is 10.6. The fraction of sp³-hybridized carbons (Fsp3) is 0.261. The van der Waals surface area contributed by atoms with Gasteiger partial charge in [-0.15, -0.1) is 0 Å². The van der Waals surface area contributed by atoms with Crippen molar-refractivity contribution >= 4 is 33.5 Å². The van der Waals surface area contributed by atoms with Crippen LogP contribution in [0.2, 0.25) is 0 Å². The van der Waals surface area contributed by atoms with E-state index in [9.17, 15) is 22.8 Å². The number of nitrogens with one attached hydrogen (secondary N) is 2. The largest absolute Gasteiger partial charge is 0.416 e. The van der Waals surface area contributed by atoms with Gasteiger partial charge in [0.15, 0.2) is 5.69 Å². The van der Waals surface area contributed by atoms with Gasteiger partial charge in [0.2, 0.25) is 0 Å². The predicted molar refractivity (Wildman–Crippen MR) is 122 cm³/mol. The van der Waals surface area contributed by atoms with Crippen molar-refractivity contribution in [3.63, 3.8) is 0 Å². The normalized spacial score (nSPS) is 15.4. The number of amides is 1. The van der Waals surface area contributed by atoms with Crippen LogP contribution in [0.3, 0.4) is 0 Å². The Morgan fingerprint density at radius 3 is 2.47 bits per heavy atom. The molecule has 0 saturated carbocycles. The number of hydrogen-bond donors (Lipinski definition) is 3. The maximum absolute atomic E-state index is 13.0. The van der Waals surface area contributed by atoms with Gasteiger partial charge in [-0.1, -0.05) is 0 Å². The molecule has 0 radical (unpaired) electrons. The second kappa shape index (κ2) is 7.87. The summed E-state index contributed by atoms with van der Waals surface area (Å²) in [6, 6.07) is 8.03. The minimum Gasteiger partial charge on any atom is -0.396 e. The standard InChI is InChI=1S/C23H21F3N6O2/c1-31-6-8-32(9-7-31)22(34)12-2-4-15-14(10-12)18(27)19(28-15)20-21(33)30-17-11-13(23(24,25)26)3-5-16(17)29-20/h2-5,10-11,28H,6-9,27H2,1H3,(H,30,33). The van der Waals surface area contributed by atoms with Crippen LogP contribution in [0.25, 0.3) is 33.3 Å². The summed E-state index contributed by atoms with van der Waals surface area (Å²) in [7, 11) is 2.01. The molecular weight excluding hydrogens is 449 g/mol. The van der Waals surface area contributed by atoms with Crippen LogP contribution in [0.1, 0.15) is 15.9 Å². The fourth-order valence-electron chi connectivity index (χ4n) is 4.16. The number of rotatable bonds is 2. The molecule has 34 heavy (non-hydrogen) atoms. The number of aromatic nitrogens is 3. The van der Waals surface area contributed by atoms with Gasteiger partial charge in [0.05, 0.1) is 28.0 Å². The van der Waals surface area contributed by atoms with E-state index in [0.717, 1.165) is 25.2 Å². The topological polar surface area (TPSA) is 111 Å². The van der Waals surface area contributed by atoms with E-state index in [-0.39, 0.29) is 34.0 Å². The number of carbonyl (C=O) groups excluding carboxylic acids is 1. The Kier molecular flexibility index (Phi) is 5.08. The van der Waals surface area contributed by atoms with Gasteiger partial charge in [0, 0.05) is 42.6 Å². The molecule has 0 spiro atoms. The van der Waals surface area contributed by atoms with Crippen molar-refractivity contribution in [1.29, 1.82) is 0 Å². The van der Waals surface area contributed by atoms with Crippen molar-refractivity contribution in [3.05, 3.63) is 57.9 Å². The van der Waals surface area contributed by atoms with E-state index >= 15 is 0 Å². The molecule has 0 atom stereocenters. The third-order valence-electron chi connectivity index (χ3n) is 6.13. The summed E-state index contributed by atoms with van der Waals surface area (Å²) < 4.78 is 39.0. The van der Waals surface area contributed by atoms with Crippen molar-refractivity contribution in [1.82, 2.24) is 24.8 Å². The van der Waals surface area contributed by atoms with Gasteiger partial charge >= 0.3 is 6.18 Å². The summed E-state index contributed by atoms with van der Waals surface area (Å²) in [6.07, 6.45) is -4.54. The van der Waals surface area contributed by atoms with E-state index in [1.54, 1.807) is 23.1 Å². The highest BCUT2D eigenvalue weighted by Gasteiger charge is 2.31. The van der Waals surface area contributed by atoms with Gasteiger partial charge in [-0.05, 0) is 43.4 Å². The van der Waals surface area contributed by atoms with Crippen LogP contribution in [0, 0.1) is 0 Å². The highest BCUT2D eigenvalue weighted by molar-refractivity contribution is 6.04. The molecule has 1 aliphatic rings. The highest BCUT2D eigenvalue weighted by atomic mass is 19.4. The van der Waals surface area contributed by atoms with E-state index < -0.39 is 17.3 Å². The minimum atomic E-state index is -4.54. The summed E-state index contributed by atoms with van der Waals surface area (Å²) in [4.78, 5) is 39.4. The number of nitrogens with zero attached hydrogens (tertiary/aromatic N) is 3. The van der Waals surface area contributed by atoms with Crippen molar-refractivity contribution in [3.8, 4) is 11.4 Å². The first-order chi connectivity index (χ1) is 16.1. The van der Waals surface area contributed by atoms with Crippen LogP contribution in [-0.2, 0) is 6.18 Å². The Hall–Kier alpha value is -3.86. The second-order valence-electron chi connectivity index (χ2n) is 8.41. The summed E-state index contributed by atoms with van der Waals surface area (Å²) >= 11 is 0. The molecule has 1 aliphatic heterocycles.